The van der Waals surface area contributed by atoms with Gasteiger partial charge in [0.1, 0.15) is 0 Å². The smallest absolute Gasteiger partial charge is 0.251 e. The van der Waals surface area contributed by atoms with Crippen LogP contribution in [-0.4, -0.2) is 22.0 Å². The van der Waals surface area contributed by atoms with Gasteiger partial charge in [0.05, 0.1) is 6.33 Å². The van der Waals surface area contributed by atoms with Gasteiger partial charge >= 0.3 is 0 Å². The van der Waals surface area contributed by atoms with Gasteiger partial charge in [-0.1, -0.05) is 6.07 Å². The van der Waals surface area contributed by atoms with Gasteiger partial charge in [-0.25, -0.2) is 4.98 Å². The highest BCUT2D eigenvalue weighted by atomic mass is 32.1. The molecule has 0 aliphatic rings. The molecular formula is C14H17N3OS. The van der Waals surface area contributed by atoms with E-state index in [1.54, 1.807) is 18.6 Å². The Bertz CT molecular complexity index is 552. The zero-order valence-electron chi connectivity index (χ0n) is 10.8. The first-order valence-electron chi connectivity index (χ1n) is 6.20. The maximum Gasteiger partial charge on any atom is 0.251 e. The Morgan fingerprint density at radius 3 is 3.05 bits per heavy atom. The number of aromatic nitrogens is 2. The van der Waals surface area contributed by atoms with E-state index < -0.39 is 0 Å². The molecule has 1 aromatic carbocycles. The molecule has 0 saturated carbocycles. The van der Waals surface area contributed by atoms with Crippen LogP contribution in [0.15, 0.2) is 41.8 Å². The van der Waals surface area contributed by atoms with Crippen LogP contribution in [0.5, 0.6) is 0 Å². The van der Waals surface area contributed by atoms with Gasteiger partial charge in [-0.3, -0.25) is 4.79 Å². The number of benzene rings is 1. The maximum atomic E-state index is 12.0. The average Bonchev–Trinajstić information content (AvgIpc) is 2.90. The molecule has 0 aliphatic heterocycles. The molecule has 0 saturated heterocycles. The van der Waals surface area contributed by atoms with Gasteiger partial charge in [-0.15, -0.1) is 12.6 Å². The van der Waals surface area contributed by atoms with Crippen molar-refractivity contribution in [1.29, 1.82) is 0 Å². The second kappa shape index (κ2) is 6.43. The van der Waals surface area contributed by atoms with E-state index in [0.29, 0.717) is 12.1 Å². The lowest BCUT2D eigenvalue weighted by atomic mass is 10.1. The van der Waals surface area contributed by atoms with Crippen molar-refractivity contribution < 1.29 is 4.79 Å². The lowest BCUT2D eigenvalue weighted by Crippen LogP contribution is -2.25. The topological polar surface area (TPSA) is 46.9 Å². The summed E-state index contributed by atoms with van der Waals surface area (Å²) in [6, 6.07) is 5.58. The third-order valence-electron chi connectivity index (χ3n) is 2.90. The molecule has 0 fully saturated rings. The molecule has 1 N–H and O–H groups in total. The van der Waals surface area contributed by atoms with E-state index in [1.165, 1.54) is 0 Å². The highest BCUT2D eigenvalue weighted by Gasteiger charge is 2.08. The summed E-state index contributed by atoms with van der Waals surface area (Å²) < 4.78 is 1.99. The Morgan fingerprint density at radius 1 is 1.47 bits per heavy atom. The third-order valence-corrected chi connectivity index (χ3v) is 3.18. The van der Waals surface area contributed by atoms with Crippen LogP contribution in [0.3, 0.4) is 0 Å². The molecule has 0 bridgehead atoms. The highest BCUT2D eigenvalue weighted by Crippen LogP contribution is 2.13. The van der Waals surface area contributed by atoms with Crippen LogP contribution >= 0.6 is 12.6 Å². The number of thiol groups is 1. The van der Waals surface area contributed by atoms with Gasteiger partial charge < -0.3 is 9.88 Å². The summed E-state index contributed by atoms with van der Waals surface area (Å²) in [5.74, 6) is -0.0426. The number of hydrogen-bond donors (Lipinski definition) is 2. The van der Waals surface area contributed by atoms with E-state index in [1.807, 2.05) is 29.8 Å². The van der Waals surface area contributed by atoms with Crippen LogP contribution in [0.4, 0.5) is 0 Å². The summed E-state index contributed by atoms with van der Waals surface area (Å²) >= 11 is 4.26. The number of imidazole rings is 1. The molecule has 5 heteroatoms. The minimum absolute atomic E-state index is 0.0426. The number of aryl methyl sites for hydroxylation is 2. The third kappa shape index (κ3) is 3.86. The molecule has 0 unspecified atom stereocenters. The van der Waals surface area contributed by atoms with Crippen LogP contribution in [0, 0.1) is 6.92 Å². The summed E-state index contributed by atoms with van der Waals surface area (Å²) in [5, 5.41) is 2.92. The predicted octanol–water partition coefficient (Wildman–Crippen LogP) is 2.30. The van der Waals surface area contributed by atoms with Crippen molar-refractivity contribution in [3.63, 3.8) is 0 Å². The predicted molar refractivity (Wildman–Crippen MR) is 77.6 cm³/mol. The molecule has 1 heterocycles. The number of rotatable bonds is 5. The first-order valence-corrected chi connectivity index (χ1v) is 6.65. The molecule has 1 amide bonds. The Labute approximate surface area is 118 Å². The Kier molecular flexibility index (Phi) is 4.63. The Hall–Kier alpha value is -1.75. The van der Waals surface area contributed by atoms with Crippen LogP contribution in [0.1, 0.15) is 22.3 Å². The highest BCUT2D eigenvalue weighted by molar-refractivity contribution is 7.80. The van der Waals surface area contributed by atoms with Crippen LogP contribution in [-0.2, 0) is 6.54 Å². The SMILES string of the molecule is Cc1ccc(S)cc1C(=O)NCCCn1ccnc1. The number of hydrogen-bond acceptors (Lipinski definition) is 3. The Morgan fingerprint density at radius 2 is 2.32 bits per heavy atom. The summed E-state index contributed by atoms with van der Waals surface area (Å²) in [6.07, 6.45) is 6.31. The standard InChI is InChI=1S/C14H17N3OS/c1-11-3-4-12(19)9-13(11)14(18)16-5-2-7-17-8-6-15-10-17/h3-4,6,8-10,19H,2,5,7H2,1H3,(H,16,18). The molecule has 0 spiro atoms. The van der Waals surface area contributed by atoms with Crippen molar-refractivity contribution in [3.8, 4) is 0 Å². The first kappa shape index (κ1) is 13.7. The van der Waals surface area contributed by atoms with Crippen LogP contribution < -0.4 is 5.32 Å². The molecule has 0 aliphatic carbocycles. The second-order valence-corrected chi connectivity index (χ2v) is 4.93. The fourth-order valence-corrected chi connectivity index (χ4v) is 2.04. The lowest BCUT2D eigenvalue weighted by molar-refractivity contribution is 0.0952. The fourth-order valence-electron chi connectivity index (χ4n) is 1.83. The first-order chi connectivity index (χ1) is 9.16. The van der Waals surface area contributed by atoms with E-state index in [4.69, 9.17) is 0 Å². The monoisotopic (exact) mass is 275 g/mol. The maximum absolute atomic E-state index is 12.0. The van der Waals surface area contributed by atoms with Crippen molar-refractivity contribution in [2.75, 3.05) is 6.54 Å². The van der Waals surface area contributed by atoms with Gasteiger partial charge in [-0.05, 0) is 31.0 Å². The van der Waals surface area contributed by atoms with Crippen molar-refractivity contribution >= 4 is 18.5 Å². The number of carbonyl (C=O) groups excluding carboxylic acids is 1. The largest absolute Gasteiger partial charge is 0.352 e. The molecule has 100 valence electrons. The van der Waals surface area contributed by atoms with Crippen molar-refractivity contribution in [3.05, 3.63) is 48.0 Å². The van der Waals surface area contributed by atoms with E-state index >= 15 is 0 Å². The summed E-state index contributed by atoms with van der Waals surface area (Å²) in [4.78, 5) is 16.8. The summed E-state index contributed by atoms with van der Waals surface area (Å²) in [6.45, 7) is 3.42. The van der Waals surface area contributed by atoms with Crippen molar-refractivity contribution in [1.82, 2.24) is 14.9 Å². The number of nitrogens with zero attached hydrogens (tertiary/aromatic N) is 2. The van der Waals surface area contributed by atoms with Crippen LogP contribution in [0.25, 0.3) is 0 Å². The normalized spacial score (nSPS) is 10.4. The number of nitrogens with one attached hydrogen (secondary N) is 1. The molecule has 0 atom stereocenters. The molecule has 1 aromatic heterocycles. The van der Waals surface area contributed by atoms with Crippen molar-refractivity contribution in [2.24, 2.45) is 0 Å². The Balaban J connectivity index is 1.82. The van der Waals surface area contributed by atoms with Gasteiger partial charge in [0.15, 0.2) is 0 Å². The molecule has 4 nitrogen and oxygen atoms in total. The quantitative estimate of drug-likeness (QED) is 0.650. The molecule has 19 heavy (non-hydrogen) atoms. The molecular weight excluding hydrogens is 258 g/mol. The second-order valence-electron chi connectivity index (χ2n) is 4.41. The summed E-state index contributed by atoms with van der Waals surface area (Å²) in [5.41, 5.74) is 1.65. The molecule has 2 rings (SSSR count). The van der Waals surface area contributed by atoms with Gasteiger partial charge in [0, 0.05) is 35.9 Å². The number of carbonyl (C=O) groups is 1. The fraction of sp³-hybridized carbons (Fsp3) is 0.286. The van der Waals surface area contributed by atoms with Gasteiger partial charge in [0.25, 0.3) is 5.91 Å². The lowest BCUT2D eigenvalue weighted by Gasteiger charge is -2.08. The zero-order chi connectivity index (χ0) is 13.7. The molecule has 0 radical (unpaired) electrons. The van der Waals surface area contributed by atoms with Crippen molar-refractivity contribution in [2.45, 2.75) is 24.8 Å². The molecule has 2 aromatic rings. The van der Waals surface area contributed by atoms with Gasteiger partial charge in [-0.2, -0.15) is 0 Å². The van der Waals surface area contributed by atoms with Crippen LogP contribution in [0.2, 0.25) is 0 Å². The van der Waals surface area contributed by atoms with E-state index in [2.05, 4.69) is 22.9 Å². The van der Waals surface area contributed by atoms with E-state index in [0.717, 1.165) is 23.4 Å². The average molecular weight is 275 g/mol. The zero-order valence-corrected chi connectivity index (χ0v) is 11.7. The van der Waals surface area contributed by atoms with Gasteiger partial charge in [0.2, 0.25) is 0 Å². The minimum atomic E-state index is -0.0426. The minimum Gasteiger partial charge on any atom is -0.352 e. The number of amides is 1. The summed E-state index contributed by atoms with van der Waals surface area (Å²) in [7, 11) is 0. The van der Waals surface area contributed by atoms with E-state index in [9.17, 15) is 4.79 Å². The van der Waals surface area contributed by atoms with E-state index in [-0.39, 0.29) is 5.91 Å².